The molecule has 1 saturated carbocycles. The van der Waals surface area contributed by atoms with Crippen molar-refractivity contribution in [2.75, 3.05) is 13.2 Å². The average molecular weight is 266 g/mol. The van der Waals surface area contributed by atoms with Crippen molar-refractivity contribution < 1.29 is 4.74 Å². The molecular weight excluding hydrogens is 236 g/mol. The first kappa shape index (κ1) is 16.5. The van der Waals surface area contributed by atoms with Gasteiger partial charge in [-0.25, -0.2) is 0 Å². The molecule has 1 rings (SSSR count). The Kier molecular flexibility index (Phi) is 8.09. The zero-order chi connectivity index (χ0) is 14.0. The van der Waals surface area contributed by atoms with E-state index in [2.05, 4.69) is 25.2 Å². The van der Waals surface area contributed by atoms with Gasteiger partial charge in [-0.2, -0.15) is 5.26 Å². The largest absolute Gasteiger partial charge is 0.378 e. The maximum atomic E-state index is 9.46. The number of rotatable bonds is 9. The second-order valence-corrected chi connectivity index (χ2v) is 5.77. The first-order chi connectivity index (χ1) is 9.26. The average Bonchev–Trinajstić information content (AvgIpc) is 2.45. The van der Waals surface area contributed by atoms with Crippen LogP contribution in [0.1, 0.15) is 71.6 Å². The Bertz CT molecular complexity index is 274. The molecule has 0 aliphatic heterocycles. The summed E-state index contributed by atoms with van der Waals surface area (Å²) >= 11 is 0. The minimum atomic E-state index is -0.331. The van der Waals surface area contributed by atoms with Crippen molar-refractivity contribution in [1.29, 1.82) is 5.26 Å². The Morgan fingerprint density at radius 2 is 2.11 bits per heavy atom. The standard InChI is InChI=1S/C16H30N2O/c1-3-5-6-7-12-19-15-9-8-10-16(13-15,14-17)18-11-4-2/h15,18H,3-13H2,1-2H3. The van der Waals surface area contributed by atoms with E-state index >= 15 is 0 Å². The van der Waals surface area contributed by atoms with Gasteiger partial charge in [0.25, 0.3) is 0 Å². The third kappa shape index (κ3) is 5.93. The van der Waals surface area contributed by atoms with E-state index in [1.807, 2.05) is 0 Å². The Morgan fingerprint density at radius 1 is 1.26 bits per heavy atom. The quantitative estimate of drug-likeness (QED) is 0.646. The summed E-state index contributed by atoms with van der Waals surface area (Å²) in [5, 5.41) is 12.9. The number of nitriles is 1. The molecular formula is C16H30N2O. The number of hydrogen-bond donors (Lipinski definition) is 1. The van der Waals surface area contributed by atoms with E-state index in [0.29, 0.717) is 0 Å². The molecule has 2 unspecified atom stereocenters. The summed E-state index contributed by atoms with van der Waals surface area (Å²) in [5.41, 5.74) is -0.331. The van der Waals surface area contributed by atoms with Crippen LogP contribution in [0.25, 0.3) is 0 Å². The third-order valence-corrected chi connectivity index (χ3v) is 3.98. The maximum Gasteiger partial charge on any atom is 0.109 e. The van der Waals surface area contributed by atoms with E-state index in [9.17, 15) is 5.26 Å². The van der Waals surface area contributed by atoms with Crippen molar-refractivity contribution in [3.63, 3.8) is 0 Å². The number of nitrogens with zero attached hydrogens (tertiary/aromatic N) is 1. The third-order valence-electron chi connectivity index (χ3n) is 3.98. The summed E-state index contributed by atoms with van der Waals surface area (Å²) in [5.74, 6) is 0. The summed E-state index contributed by atoms with van der Waals surface area (Å²) in [6.07, 6.45) is 10.4. The zero-order valence-corrected chi connectivity index (χ0v) is 12.7. The number of hydrogen-bond acceptors (Lipinski definition) is 3. The van der Waals surface area contributed by atoms with Gasteiger partial charge in [-0.3, -0.25) is 5.32 Å². The van der Waals surface area contributed by atoms with Crippen molar-refractivity contribution in [3.8, 4) is 6.07 Å². The Labute approximate surface area is 118 Å². The van der Waals surface area contributed by atoms with Crippen LogP contribution >= 0.6 is 0 Å². The smallest absolute Gasteiger partial charge is 0.109 e. The van der Waals surface area contributed by atoms with E-state index < -0.39 is 0 Å². The van der Waals surface area contributed by atoms with Crippen molar-refractivity contribution >= 4 is 0 Å². The lowest BCUT2D eigenvalue weighted by molar-refractivity contribution is 0.00739. The molecule has 0 saturated heterocycles. The second kappa shape index (κ2) is 9.34. The molecule has 0 amide bonds. The fourth-order valence-corrected chi connectivity index (χ4v) is 2.81. The van der Waals surface area contributed by atoms with Gasteiger partial charge in [0.1, 0.15) is 5.54 Å². The SMILES string of the molecule is CCCCCCOC1CCCC(C#N)(NCCC)C1. The number of unbranched alkanes of at least 4 members (excludes halogenated alkanes) is 3. The van der Waals surface area contributed by atoms with Gasteiger partial charge in [-0.15, -0.1) is 0 Å². The molecule has 1 aliphatic carbocycles. The van der Waals surface area contributed by atoms with Crippen LogP contribution in [0, 0.1) is 11.3 Å². The molecule has 110 valence electrons. The van der Waals surface area contributed by atoms with Crippen molar-refractivity contribution in [1.82, 2.24) is 5.32 Å². The van der Waals surface area contributed by atoms with Gasteiger partial charge < -0.3 is 4.74 Å². The van der Waals surface area contributed by atoms with Gasteiger partial charge in [0.15, 0.2) is 0 Å². The molecule has 3 nitrogen and oxygen atoms in total. The molecule has 2 atom stereocenters. The summed E-state index contributed by atoms with van der Waals surface area (Å²) in [6, 6.07) is 2.50. The second-order valence-electron chi connectivity index (χ2n) is 5.77. The lowest BCUT2D eigenvalue weighted by atomic mass is 9.81. The molecule has 19 heavy (non-hydrogen) atoms. The summed E-state index contributed by atoms with van der Waals surface area (Å²) < 4.78 is 5.98. The normalized spacial score (nSPS) is 27.1. The van der Waals surface area contributed by atoms with Gasteiger partial charge in [0.2, 0.25) is 0 Å². The molecule has 0 aromatic rings. The van der Waals surface area contributed by atoms with Gasteiger partial charge in [-0.05, 0) is 38.6 Å². The Balaban J connectivity index is 2.30. The first-order valence-electron chi connectivity index (χ1n) is 8.04. The summed E-state index contributed by atoms with van der Waals surface area (Å²) in [7, 11) is 0. The fourth-order valence-electron chi connectivity index (χ4n) is 2.81. The van der Waals surface area contributed by atoms with Gasteiger partial charge in [-0.1, -0.05) is 33.1 Å². The van der Waals surface area contributed by atoms with E-state index in [1.54, 1.807) is 0 Å². The van der Waals surface area contributed by atoms with Crippen molar-refractivity contribution in [3.05, 3.63) is 0 Å². The van der Waals surface area contributed by atoms with Crippen LogP contribution in [0.4, 0.5) is 0 Å². The highest BCUT2D eigenvalue weighted by Crippen LogP contribution is 2.30. The minimum absolute atomic E-state index is 0.277. The van der Waals surface area contributed by atoms with E-state index in [0.717, 1.165) is 51.7 Å². The number of ether oxygens (including phenoxy) is 1. The van der Waals surface area contributed by atoms with Crippen LogP contribution in [0.15, 0.2) is 0 Å². The van der Waals surface area contributed by atoms with Crippen LogP contribution in [0.2, 0.25) is 0 Å². The van der Waals surface area contributed by atoms with Crippen LogP contribution < -0.4 is 5.32 Å². The van der Waals surface area contributed by atoms with Crippen molar-refractivity contribution in [2.45, 2.75) is 83.3 Å². The van der Waals surface area contributed by atoms with Crippen LogP contribution in [-0.2, 0) is 4.74 Å². The van der Waals surface area contributed by atoms with E-state index in [4.69, 9.17) is 4.74 Å². The molecule has 0 aromatic heterocycles. The number of nitrogens with one attached hydrogen (secondary N) is 1. The minimum Gasteiger partial charge on any atom is -0.378 e. The zero-order valence-electron chi connectivity index (χ0n) is 12.7. The molecule has 1 fully saturated rings. The summed E-state index contributed by atoms with van der Waals surface area (Å²) in [6.45, 7) is 6.15. The summed E-state index contributed by atoms with van der Waals surface area (Å²) in [4.78, 5) is 0. The van der Waals surface area contributed by atoms with Gasteiger partial charge in [0.05, 0.1) is 12.2 Å². The van der Waals surface area contributed by atoms with E-state index in [1.165, 1.54) is 19.3 Å². The van der Waals surface area contributed by atoms with Crippen LogP contribution in [0.5, 0.6) is 0 Å². The van der Waals surface area contributed by atoms with Crippen LogP contribution in [0.3, 0.4) is 0 Å². The molecule has 1 aliphatic rings. The highest BCUT2D eigenvalue weighted by molar-refractivity contribution is 5.10. The maximum absolute atomic E-state index is 9.46. The van der Waals surface area contributed by atoms with Crippen molar-refractivity contribution in [2.24, 2.45) is 0 Å². The predicted octanol–water partition coefficient (Wildman–Crippen LogP) is 3.79. The molecule has 1 N–H and O–H groups in total. The van der Waals surface area contributed by atoms with Gasteiger partial charge >= 0.3 is 0 Å². The lowest BCUT2D eigenvalue weighted by Crippen LogP contribution is -2.49. The van der Waals surface area contributed by atoms with Crippen LogP contribution in [-0.4, -0.2) is 24.8 Å². The molecule has 0 aromatic carbocycles. The fraction of sp³-hybridized carbons (Fsp3) is 0.938. The molecule has 3 heteroatoms. The lowest BCUT2D eigenvalue weighted by Gasteiger charge is -2.36. The molecule has 0 radical (unpaired) electrons. The molecule has 0 heterocycles. The van der Waals surface area contributed by atoms with E-state index in [-0.39, 0.29) is 11.6 Å². The monoisotopic (exact) mass is 266 g/mol. The highest BCUT2D eigenvalue weighted by atomic mass is 16.5. The van der Waals surface area contributed by atoms with Gasteiger partial charge in [0, 0.05) is 13.0 Å². The molecule has 0 bridgehead atoms. The predicted molar refractivity (Wildman–Crippen MR) is 79.0 cm³/mol. The Hall–Kier alpha value is -0.590. The Morgan fingerprint density at radius 3 is 2.79 bits per heavy atom. The topological polar surface area (TPSA) is 45.0 Å². The first-order valence-corrected chi connectivity index (χ1v) is 8.04. The highest BCUT2D eigenvalue weighted by Gasteiger charge is 2.36. The molecule has 0 spiro atoms.